The van der Waals surface area contributed by atoms with Crippen molar-refractivity contribution in [1.82, 2.24) is 4.90 Å². The molecule has 1 saturated heterocycles. The number of imide groups is 1. The van der Waals surface area contributed by atoms with E-state index in [0.717, 1.165) is 17.3 Å². The smallest absolute Gasteiger partial charge is 0.293 e. The standard InChI is InChI=1S/C21H17BrN2O3S/c1-14(22)19(25)23-17-9-5-8-16(12-17)13-18-20(26)24(21(27)28-18)11-10-15-6-3-2-4-7-15/h2-9,12-13H,1,10-11H2,(H,23,25)/b18-13-. The Balaban J connectivity index is 1.71. The normalized spacial score (nSPS) is 15.2. The quantitative estimate of drug-likeness (QED) is 0.633. The Morgan fingerprint density at radius 2 is 1.89 bits per heavy atom. The van der Waals surface area contributed by atoms with Gasteiger partial charge < -0.3 is 5.32 Å². The van der Waals surface area contributed by atoms with Crippen LogP contribution < -0.4 is 5.32 Å². The lowest BCUT2D eigenvalue weighted by Crippen LogP contribution is -2.30. The molecule has 1 fully saturated rings. The highest BCUT2D eigenvalue weighted by atomic mass is 79.9. The fraction of sp³-hybridized carbons (Fsp3) is 0.0952. The highest BCUT2D eigenvalue weighted by Gasteiger charge is 2.34. The molecule has 0 radical (unpaired) electrons. The Kier molecular flexibility index (Phi) is 6.49. The van der Waals surface area contributed by atoms with E-state index in [4.69, 9.17) is 0 Å². The molecular weight excluding hydrogens is 440 g/mol. The van der Waals surface area contributed by atoms with Crippen LogP contribution >= 0.6 is 27.7 Å². The van der Waals surface area contributed by atoms with Gasteiger partial charge in [0.25, 0.3) is 17.1 Å². The number of hydrogen-bond acceptors (Lipinski definition) is 4. The minimum Gasteiger partial charge on any atom is -0.322 e. The largest absolute Gasteiger partial charge is 0.322 e. The maximum absolute atomic E-state index is 12.6. The number of anilines is 1. The van der Waals surface area contributed by atoms with Crippen molar-refractivity contribution in [3.8, 4) is 0 Å². The Bertz CT molecular complexity index is 973. The van der Waals surface area contributed by atoms with E-state index < -0.39 is 0 Å². The predicted molar refractivity (Wildman–Crippen MR) is 116 cm³/mol. The number of carbonyl (C=O) groups is 3. The number of nitrogens with zero attached hydrogens (tertiary/aromatic N) is 1. The number of carbonyl (C=O) groups excluding carboxylic acids is 3. The zero-order valence-corrected chi connectivity index (χ0v) is 17.3. The number of hydrogen-bond donors (Lipinski definition) is 1. The lowest BCUT2D eigenvalue weighted by molar-refractivity contribution is -0.122. The van der Waals surface area contributed by atoms with E-state index in [-0.39, 0.29) is 21.5 Å². The van der Waals surface area contributed by atoms with Crippen LogP contribution in [-0.2, 0) is 16.0 Å². The van der Waals surface area contributed by atoms with Crippen LogP contribution in [-0.4, -0.2) is 28.5 Å². The molecule has 3 amide bonds. The SMILES string of the molecule is C=C(Br)C(=O)Nc1cccc(/C=C2\SC(=O)N(CCc3ccccc3)C2=O)c1. The van der Waals surface area contributed by atoms with Crippen LogP contribution in [0.1, 0.15) is 11.1 Å². The summed E-state index contributed by atoms with van der Waals surface area (Å²) in [6, 6.07) is 16.7. The van der Waals surface area contributed by atoms with Gasteiger partial charge in [0.2, 0.25) is 0 Å². The average Bonchev–Trinajstić information content (AvgIpc) is 2.94. The molecule has 142 valence electrons. The molecule has 3 rings (SSSR count). The molecule has 1 aliphatic heterocycles. The third-order valence-electron chi connectivity index (χ3n) is 4.03. The summed E-state index contributed by atoms with van der Waals surface area (Å²) in [4.78, 5) is 38.2. The van der Waals surface area contributed by atoms with Crippen molar-refractivity contribution < 1.29 is 14.4 Å². The number of nitrogens with one attached hydrogen (secondary N) is 1. The number of thioether (sulfide) groups is 1. The second-order valence-corrected chi connectivity index (χ2v) is 8.00. The van der Waals surface area contributed by atoms with Crippen LogP contribution in [0.25, 0.3) is 6.08 Å². The third kappa shape index (κ3) is 4.99. The van der Waals surface area contributed by atoms with Crippen LogP contribution in [0.4, 0.5) is 10.5 Å². The van der Waals surface area contributed by atoms with Crippen molar-refractivity contribution >= 4 is 56.5 Å². The molecule has 0 spiro atoms. The molecule has 0 atom stereocenters. The van der Waals surface area contributed by atoms with Crippen LogP contribution in [0, 0.1) is 0 Å². The lowest BCUT2D eigenvalue weighted by Gasteiger charge is -2.12. The van der Waals surface area contributed by atoms with Gasteiger partial charge in [-0.1, -0.05) is 49.0 Å². The van der Waals surface area contributed by atoms with Gasteiger partial charge in [0, 0.05) is 12.2 Å². The number of amides is 3. The van der Waals surface area contributed by atoms with Gasteiger partial charge in [-0.05, 0) is 63.4 Å². The van der Waals surface area contributed by atoms with Gasteiger partial charge in [0.1, 0.15) is 0 Å². The van der Waals surface area contributed by atoms with E-state index >= 15 is 0 Å². The highest BCUT2D eigenvalue weighted by Crippen LogP contribution is 2.32. The third-order valence-corrected chi connectivity index (χ3v) is 5.30. The lowest BCUT2D eigenvalue weighted by atomic mass is 10.1. The van der Waals surface area contributed by atoms with Gasteiger partial charge in [-0.3, -0.25) is 19.3 Å². The van der Waals surface area contributed by atoms with Crippen molar-refractivity contribution in [2.24, 2.45) is 0 Å². The molecule has 2 aromatic rings. The summed E-state index contributed by atoms with van der Waals surface area (Å²) in [5.41, 5.74) is 2.36. The first-order chi connectivity index (χ1) is 13.4. The fourth-order valence-electron chi connectivity index (χ4n) is 2.63. The minimum absolute atomic E-state index is 0.220. The van der Waals surface area contributed by atoms with Crippen LogP contribution in [0.2, 0.25) is 0 Å². The molecule has 2 aromatic carbocycles. The summed E-state index contributed by atoms with van der Waals surface area (Å²) in [6.07, 6.45) is 2.27. The summed E-state index contributed by atoms with van der Waals surface area (Å²) < 4.78 is 0.220. The van der Waals surface area contributed by atoms with E-state index in [0.29, 0.717) is 29.1 Å². The Morgan fingerprint density at radius 3 is 2.61 bits per heavy atom. The van der Waals surface area contributed by atoms with E-state index in [1.807, 2.05) is 30.3 Å². The number of halogens is 1. The predicted octanol–water partition coefficient (Wildman–Crippen LogP) is 4.81. The van der Waals surface area contributed by atoms with Crippen LogP contribution in [0.3, 0.4) is 0 Å². The molecular formula is C21H17BrN2O3S. The van der Waals surface area contributed by atoms with Crippen LogP contribution in [0.5, 0.6) is 0 Å². The Hall–Kier alpha value is -2.64. The molecule has 0 aliphatic carbocycles. The summed E-state index contributed by atoms with van der Waals surface area (Å²) in [5.74, 6) is -0.646. The molecule has 0 aromatic heterocycles. The maximum Gasteiger partial charge on any atom is 0.293 e. The van der Waals surface area contributed by atoms with Gasteiger partial charge in [0.05, 0.1) is 9.39 Å². The van der Waals surface area contributed by atoms with E-state index in [9.17, 15) is 14.4 Å². The fourth-order valence-corrected chi connectivity index (χ4v) is 3.60. The topological polar surface area (TPSA) is 66.5 Å². The first-order valence-corrected chi connectivity index (χ1v) is 10.1. The van der Waals surface area contributed by atoms with Crippen molar-refractivity contribution in [1.29, 1.82) is 0 Å². The molecule has 1 N–H and O–H groups in total. The summed E-state index contributed by atoms with van der Waals surface area (Å²) in [7, 11) is 0. The highest BCUT2D eigenvalue weighted by molar-refractivity contribution is 9.12. The van der Waals surface area contributed by atoms with Crippen LogP contribution in [0.15, 0.2) is 70.6 Å². The van der Waals surface area contributed by atoms with E-state index in [1.165, 1.54) is 4.90 Å². The van der Waals surface area contributed by atoms with Crippen molar-refractivity contribution in [3.05, 3.63) is 81.7 Å². The second-order valence-electron chi connectivity index (χ2n) is 6.05. The monoisotopic (exact) mass is 456 g/mol. The van der Waals surface area contributed by atoms with Gasteiger partial charge in [-0.25, -0.2) is 0 Å². The average molecular weight is 457 g/mol. The molecule has 0 unspecified atom stereocenters. The zero-order chi connectivity index (χ0) is 20.1. The second kappa shape index (κ2) is 9.03. The van der Waals surface area contributed by atoms with Gasteiger partial charge in [-0.15, -0.1) is 0 Å². The van der Waals surface area contributed by atoms with E-state index in [2.05, 4.69) is 27.8 Å². The summed E-state index contributed by atoms with van der Waals surface area (Å²) >= 11 is 3.96. The summed E-state index contributed by atoms with van der Waals surface area (Å²) in [5, 5.41) is 2.42. The van der Waals surface area contributed by atoms with Crippen molar-refractivity contribution in [3.63, 3.8) is 0 Å². The molecule has 0 bridgehead atoms. The molecule has 28 heavy (non-hydrogen) atoms. The Morgan fingerprint density at radius 1 is 1.14 bits per heavy atom. The minimum atomic E-state index is -0.349. The maximum atomic E-state index is 12.6. The van der Waals surface area contributed by atoms with Gasteiger partial charge >= 0.3 is 0 Å². The molecule has 0 saturated carbocycles. The zero-order valence-electron chi connectivity index (χ0n) is 14.9. The van der Waals surface area contributed by atoms with Gasteiger partial charge in [0.15, 0.2) is 0 Å². The molecule has 7 heteroatoms. The van der Waals surface area contributed by atoms with Crippen molar-refractivity contribution in [2.75, 3.05) is 11.9 Å². The summed E-state index contributed by atoms with van der Waals surface area (Å²) in [6.45, 7) is 3.87. The van der Waals surface area contributed by atoms with Gasteiger partial charge in [-0.2, -0.15) is 0 Å². The number of rotatable bonds is 6. The first-order valence-electron chi connectivity index (χ1n) is 8.49. The van der Waals surface area contributed by atoms with Crippen molar-refractivity contribution in [2.45, 2.75) is 6.42 Å². The molecule has 5 nitrogen and oxygen atoms in total. The Labute approximate surface area is 175 Å². The first kappa shape index (κ1) is 20.1. The number of benzene rings is 2. The van der Waals surface area contributed by atoms with E-state index in [1.54, 1.807) is 30.3 Å². The molecule has 1 aliphatic rings. The molecule has 1 heterocycles.